The largest absolute Gasteiger partial charge is 0.674 e. The zero-order valence-electron chi connectivity index (χ0n) is 16.2. The van der Waals surface area contributed by atoms with Gasteiger partial charge in [0.1, 0.15) is 5.84 Å². The normalized spacial score (nSPS) is 11.1. The highest BCUT2D eigenvalue weighted by molar-refractivity contribution is 6.32. The highest BCUT2D eigenvalue weighted by atomic mass is 19.1. The van der Waals surface area contributed by atoms with E-state index in [1.807, 2.05) is 31.3 Å². The summed E-state index contributed by atoms with van der Waals surface area (Å²) in [5, 5.41) is 62.0. The van der Waals surface area contributed by atoms with E-state index in [4.69, 9.17) is 40.2 Å². The molecule has 31 heavy (non-hydrogen) atoms. The van der Waals surface area contributed by atoms with E-state index in [2.05, 4.69) is 27.8 Å². The summed E-state index contributed by atoms with van der Waals surface area (Å²) >= 11 is 0. The molecule has 2 rings (SSSR count). The van der Waals surface area contributed by atoms with Crippen LogP contribution in [0.2, 0.25) is 0 Å². The molecule has 0 aromatic heterocycles. The van der Waals surface area contributed by atoms with Gasteiger partial charge in [-0.15, -0.1) is 0 Å². The van der Waals surface area contributed by atoms with Crippen LogP contribution in [-0.2, 0) is 0 Å². The summed E-state index contributed by atoms with van der Waals surface area (Å²) in [4.78, 5) is 4.38. The van der Waals surface area contributed by atoms with Gasteiger partial charge in [0.2, 0.25) is 0 Å². The third-order valence-electron chi connectivity index (χ3n) is 2.33. The second-order valence-corrected chi connectivity index (χ2v) is 4.61. The van der Waals surface area contributed by atoms with E-state index < -0.39 is 29.6 Å². The maximum atomic E-state index is 10.1. The highest BCUT2D eigenvalue weighted by Gasteiger charge is 2.05. The van der Waals surface area contributed by atoms with E-state index in [0.717, 1.165) is 24.6 Å². The molecule has 0 fully saturated rings. The van der Waals surface area contributed by atoms with Gasteiger partial charge in [-0.2, -0.15) is 0 Å². The number of likely N-dealkylation sites (N-methyl/N-ethyl adjacent to an activating group) is 1. The molecular formula is C12H23B4F4N3O8. The highest BCUT2D eigenvalue weighted by Crippen LogP contribution is 2.11. The molecule has 0 saturated heterocycles. The summed E-state index contributed by atoms with van der Waals surface area (Å²) in [6, 6.07) is 10.3. The second kappa shape index (κ2) is 22.6. The van der Waals surface area contributed by atoms with Gasteiger partial charge in [-0.25, -0.2) is 0 Å². The summed E-state index contributed by atoms with van der Waals surface area (Å²) in [5.41, 5.74) is 2.32. The second-order valence-electron chi connectivity index (χ2n) is 4.61. The van der Waals surface area contributed by atoms with Crippen molar-refractivity contribution in [3.63, 3.8) is 0 Å². The van der Waals surface area contributed by atoms with E-state index in [1.54, 1.807) is 0 Å². The number of halogens is 4. The first-order chi connectivity index (χ1) is 14.3. The predicted octanol–water partition coefficient (Wildman–Crippen LogP) is -3.05. The Morgan fingerprint density at radius 2 is 1.19 bits per heavy atom. The van der Waals surface area contributed by atoms with Gasteiger partial charge in [0.05, 0.1) is 6.54 Å². The van der Waals surface area contributed by atoms with E-state index in [-0.39, 0.29) is 0 Å². The zero-order chi connectivity index (χ0) is 24.8. The lowest BCUT2D eigenvalue weighted by Gasteiger charge is -2.08. The molecule has 0 atom stereocenters. The molecule has 1 heterocycles. The number of rotatable bonds is 1. The number of nitrogens with zero attached hydrogens (tertiary/aromatic N) is 1. The van der Waals surface area contributed by atoms with Crippen molar-refractivity contribution in [3.05, 3.63) is 42.0 Å². The minimum atomic E-state index is -2.67. The number of nitrogens with one attached hydrogen (secondary N) is 2. The summed E-state index contributed by atoms with van der Waals surface area (Å²) in [7, 11) is -8.77. The summed E-state index contributed by atoms with van der Waals surface area (Å²) in [5.74, 6) is 0.929. The lowest BCUT2D eigenvalue weighted by molar-refractivity contribution is 0.338. The van der Waals surface area contributed by atoms with Crippen LogP contribution in [0.1, 0.15) is 5.56 Å². The molecule has 1 aliphatic rings. The minimum Gasteiger partial charge on any atom is -0.398 e. The van der Waals surface area contributed by atoms with Gasteiger partial charge in [-0.05, 0) is 5.56 Å². The number of hydrogen-bond acceptors (Lipinski definition) is 11. The smallest absolute Gasteiger partial charge is 0.398 e. The van der Waals surface area contributed by atoms with Crippen molar-refractivity contribution in [2.45, 2.75) is 0 Å². The van der Waals surface area contributed by atoms with E-state index >= 15 is 0 Å². The van der Waals surface area contributed by atoms with Crippen molar-refractivity contribution in [2.24, 2.45) is 4.99 Å². The van der Waals surface area contributed by atoms with E-state index in [9.17, 15) is 17.3 Å². The molecule has 1 aromatic rings. The fraction of sp³-hybridized carbons (Fsp3) is 0.250. The first kappa shape index (κ1) is 33.5. The Morgan fingerprint density at radius 3 is 1.55 bits per heavy atom. The molecular weight excluding hydrogens is 433 g/mol. The van der Waals surface area contributed by atoms with E-state index in [0.29, 0.717) is 0 Å². The fourth-order valence-electron chi connectivity index (χ4n) is 1.55. The van der Waals surface area contributed by atoms with Crippen molar-refractivity contribution in [3.8, 4) is 0 Å². The lowest BCUT2D eigenvalue weighted by atomic mass is 10.1. The predicted molar refractivity (Wildman–Crippen MR) is 109 cm³/mol. The third kappa shape index (κ3) is 35.7. The zero-order valence-corrected chi connectivity index (χ0v) is 16.2. The van der Waals surface area contributed by atoms with Crippen LogP contribution in [0.3, 0.4) is 0 Å². The Hall–Kier alpha value is -2.11. The number of hydrogen-bond donors (Lipinski definition) is 10. The Balaban J connectivity index is -0.000000404. The van der Waals surface area contributed by atoms with Crippen LogP contribution >= 0.6 is 0 Å². The Bertz CT molecular complexity index is 557. The van der Waals surface area contributed by atoms with Crippen molar-refractivity contribution in [1.29, 1.82) is 0 Å². The van der Waals surface area contributed by atoms with Crippen LogP contribution in [0.25, 0.3) is 5.70 Å². The fourth-order valence-corrected chi connectivity index (χ4v) is 1.55. The van der Waals surface area contributed by atoms with Gasteiger partial charge < -0.3 is 50.8 Å². The number of aliphatic imine (C=N–C) groups is 1. The number of benzene rings is 1. The van der Waals surface area contributed by atoms with E-state index in [1.165, 1.54) is 5.56 Å². The van der Waals surface area contributed by atoms with Crippen LogP contribution in [0.4, 0.5) is 17.3 Å². The van der Waals surface area contributed by atoms with Crippen molar-refractivity contribution in [2.75, 3.05) is 20.1 Å². The standard InChI is InChI=1S/C12H15N3.4BFH2O2/c1-13-12-9-11(14-7-8-15-12)10-5-3-2-4-6-10;4*2-1(3)4/h2-6,9,14H,7-8H2,1H3,(H,13,15);4*3-4H. The summed E-state index contributed by atoms with van der Waals surface area (Å²) in [6.07, 6.45) is 2.04. The molecule has 11 nitrogen and oxygen atoms in total. The molecule has 1 aliphatic heterocycles. The van der Waals surface area contributed by atoms with Gasteiger partial charge in [0.25, 0.3) is 0 Å². The Morgan fingerprint density at radius 1 is 0.806 bits per heavy atom. The first-order valence-corrected chi connectivity index (χ1v) is 8.07. The molecule has 0 aliphatic carbocycles. The molecule has 0 unspecified atom stereocenters. The van der Waals surface area contributed by atoms with Crippen molar-refractivity contribution < 1.29 is 57.5 Å². The molecule has 1 aromatic carbocycles. The molecule has 0 saturated carbocycles. The Labute approximate surface area is 177 Å². The molecule has 0 bridgehead atoms. The summed E-state index contributed by atoms with van der Waals surface area (Å²) in [6.45, 7) is 1.69. The van der Waals surface area contributed by atoms with Crippen LogP contribution in [0, 0.1) is 0 Å². The summed E-state index contributed by atoms with van der Waals surface area (Å²) < 4.78 is 40.4. The quantitative estimate of drug-likeness (QED) is 0.153. The molecule has 0 radical (unpaired) electrons. The van der Waals surface area contributed by atoms with Crippen molar-refractivity contribution in [1.82, 2.24) is 10.6 Å². The molecule has 0 spiro atoms. The molecule has 0 amide bonds. The molecule has 10 N–H and O–H groups in total. The molecule has 174 valence electrons. The minimum absolute atomic E-state index is 0.809. The molecule has 19 heteroatoms. The SMILES string of the molecule is CNC1=NCCNC(c2ccccc2)=C1.OB(O)F.OB(O)F.OB(O)F.OB(O)F. The van der Waals surface area contributed by atoms with Crippen molar-refractivity contribution >= 4 is 41.1 Å². The third-order valence-corrected chi connectivity index (χ3v) is 2.33. The van der Waals surface area contributed by atoms with Crippen LogP contribution in [-0.4, -0.2) is 95.7 Å². The van der Waals surface area contributed by atoms with Gasteiger partial charge in [-0.1, -0.05) is 30.3 Å². The first-order valence-electron chi connectivity index (χ1n) is 8.07. The van der Waals surface area contributed by atoms with Gasteiger partial charge >= 0.3 is 29.6 Å². The average Bonchev–Trinajstić information content (AvgIpc) is 2.86. The average molecular weight is 457 g/mol. The topological polar surface area (TPSA) is 198 Å². The van der Waals surface area contributed by atoms with Crippen LogP contribution in [0.15, 0.2) is 41.4 Å². The number of amidine groups is 1. The Kier molecular flexibility index (Phi) is 24.4. The maximum Gasteiger partial charge on any atom is 0.674 e. The maximum absolute atomic E-state index is 10.1. The van der Waals surface area contributed by atoms with Gasteiger partial charge in [0, 0.05) is 25.4 Å². The van der Waals surface area contributed by atoms with Crippen LogP contribution in [0.5, 0.6) is 0 Å². The van der Waals surface area contributed by atoms with Crippen LogP contribution < -0.4 is 10.6 Å². The lowest BCUT2D eigenvalue weighted by Crippen LogP contribution is -2.16. The van der Waals surface area contributed by atoms with Gasteiger partial charge in [0.15, 0.2) is 0 Å². The van der Waals surface area contributed by atoms with Gasteiger partial charge in [-0.3, -0.25) is 22.3 Å². The monoisotopic (exact) mass is 457 g/mol.